The molecule has 2 fully saturated rings. The summed E-state index contributed by atoms with van der Waals surface area (Å²) in [7, 11) is 3.26. The van der Waals surface area contributed by atoms with Crippen LogP contribution in [0.25, 0.3) is 22.6 Å². The third kappa shape index (κ3) is 4.89. The highest BCUT2D eigenvalue weighted by atomic mass is 19.3. The smallest absolute Gasteiger partial charge is 0.295 e. The quantitative estimate of drug-likeness (QED) is 0.304. The number of pyridine rings is 1. The number of rotatable bonds is 9. The second-order valence-electron chi connectivity index (χ2n) is 10.0. The van der Waals surface area contributed by atoms with Crippen LogP contribution in [-0.2, 0) is 23.0 Å². The third-order valence-electron chi connectivity index (χ3n) is 7.18. The highest BCUT2D eigenvalue weighted by molar-refractivity contribution is 5.92. The fraction of sp³-hybridized carbons (Fsp3) is 0.444. The number of methoxy groups -OCH3 is 1. The molecule has 1 aliphatic heterocycles. The zero-order valence-corrected chi connectivity index (χ0v) is 22.0. The maximum Gasteiger partial charge on any atom is 0.295 e. The number of hydrogen-bond donors (Lipinski definition) is 1. The van der Waals surface area contributed by atoms with Gasteiger partial charge in [-0.05, 0) is 43.9 Å². The Bertz CT molecular complexity index is 1560. The molecule has 0 spiro atoms. The first-order valence-corrected chi connectivity index (χ1v) is 13.1. The number of aryl methyl sites for hydroxylation is 1. The van der Waals surface area contributed by atoms with E-state index in [0.29, 0.717) is 47.2 Å². The van der Waals surface area contributed by atoms with Crippen LogP contribution in [0.3, 0.4) is 0 Å². The Morgan fingerprint density at radius 3 is 2.73 bits per heavy atom. The van der Waals surface area contributed by atoms with E-state index in [1.807, 2.05) is 0 Å². The highest BCUT2D eigenvalue weighted by Crippen LogP contribution is 2.40. The minimum atomic E-state index is -2.88. The largest absolute Gasteiger partial charge is 0.494 e. The van der Waals surface area contributed by atoms with Gasteiger partial charge in [-0.3, -0.25) is 14.0 Å². The number of carbonyl (C=O) groups excluding carboxylic acids is 1. The van der Waals surface area contributed by atoms with E-state index in [4.69, 9.17) is 9.47 Å². The molecule has 0 amide bonds. The maximum absolute atomic E-state index is 14.3. The fourth-order valence-electron chi connectivity index (χ4n) is 5.13. The lowest BCUT2D eigenvalue weighted by Gasteiger charge is -2.25. The van der Waals surface area contributed by atoms with Gasteiger partial charge in [0.15, 0.2) is 23.0 Å². The number of para-hydroxylation sites is 1. The zero-order chi connectivity index (χ0) is 28.0. The summed E-state index contributed by atoms with van der Waals surface area (Å²) >= 11 is 0. The predicted octanol–water partition coefficient (Wildman–Crippen LogP) is 5.09. The van der Waals surface area contributed by atoms with Crippen LogP contribution in [-0.4, -0.2) is 55.0 Å². The Balaban J connectivity index is 1.48. The molecule has 1 N–H and O–H groups in total. The fourth-order valence-corrected chi connectivity index (χ4v) is 5.13. The molecule has 40 heavy (non-hydrogen) atoms. The van der Waals surface area contributed by atoms with E-state index >= 15 is 0 Å². The average molecular weight is 556 g/mol. The molecule has 2 unspecified atom stereocenters. The second-order valence-corrected chi connectivity index (χ2v) is 10.0. The minimum Gasteiger partial charge on any atom is -0.494 e. The summed E-state index contributed by atoms with van der Waals surface area (Å²) in [6.45, 7) is 0.432. The lowest BCUT2D eigenvalue weighted by Crippen LogP contribution is -2.21. The van der Waals surface area contributed by atoms with Crippen LogP contribution < -0.4 is 10.1 Å². The second kappa shape index (κ2) is 10.5. The Hall–Kier alpha value is -4.00. The standard InChI is InChI=1S/C27H28F3N7O3/c1-36-13-31-25(35-36)15-6-5-7-18(23(15)39-2)33-19-10-14(11-20(38)16-12-17(16)28)32-26-22(19)34-27(24(29)30)37(26)21-8-3-4-9-40-21/h5-7,10,13,16-17,21,24H,3-4,8-9,11-12H2,1-2H3,(H,32,33)/t16?,17-,21?/m0/s1. The van der Waals surface area contributed by atoms with Gasteiger partial charge >= 0.3 is 0 Å². The van der Waals surface area contributed by atoms with Gasteiger partial charge in [-0.25, -0.2) is 28.1 Å². The Morgan fingerprint density at radius 2 is 2.08 bits per heavy atom. The van der Waals surface area contributed by atoms with Gasteiger partial charge in [-0.2, -0.15) is 5.10 Å². The molecule has 0 bridgehead atoms. The van der Waals surface area contributed by atoms with Crippen LogP contribution in [0.5, 0.6) is 5.75 Å². The number of halogens is 3. The van der Waals surface area contributed by atoms with Gasteiger partial charge in [-0.15, -0.1) is 0 Å². The van der Waals surface area contributed by atoms with Gasteiger partial charge in [0.05, 0.1) is 35.7 Å². The molecule has 210 valence electrons. The van der Waals surface area contributed by atoms with Gasteiger partial charge in [0, 0.05) is 20.1 Å². The molecule has 13 heteroatoms. The number of Topliss-reactive ketones (excluding diaryl/α,β-unsaturated/α-hetero) is 1. The number of nitrogens with one attached hydrogen (secondary N) is 1. The molecule has 1 aromatic carbocycles. The summed E-state index contributed by atoms with van der Waals surface area (Å²) in [6.07, 6.45) is -0.901. The normalized spacial score (nSPS) is 20.7. The summed E-state index contributed by atoms with van der Waals surface area (Å²) in [5, 5.41) is 7.61. The number of imidazole rings is 1. The number of alkyl halides is 3. The molecule has 4 heterocycles. The SMILES string of the molecule is COc1c(Nc2cc(CC(=O)C3C[C@@H]3F)nc3c2nc(C(F)F)n3C2CCCCO2)cccc1-c1ncn(C)n1. The highest BCUT2D eigenvalue weighted by Gasteiger charge is 2.43. The van der Waals surface area contributed by atoms with Crippen LogP contribution in [0.4, 0.5) is 24.5 Å². The van der Waals surface area contributed by atoms with Crippen LogP contribution in [0.2, 0.25) is 0 Å². The molecular formula is C27H28F3N7O3. The summed E-state index contributed by atoms with van der Waals surface area (Å²) in [5.41, 5.74) is 2.15. The molecule has 3 atom stereocenters. The van der Waals surface area contributed by atoms with Crippen molar-refractivity contribution in [3.8, 4) is 17.1 Å². The van der Waals surface area contributed by atoms with Crippen molar-refractivity contribution in [2.45, 2.75) is 50.9 Å². The molecule has 6 rings (SSSR count). The molecule has 1 saturated carbocycles. The van der Waals surface area contributed by atoms with Crippen LogP contribution in [0, 0.1) is 5.92 Å². The molecular weight excluding hydrogens is 527 g/mol. The number of carbonyl (C=O) groups is 1. The number of nitrogens with zero attached hydrogens (tertiary/aromatic N) is 6. The van der Waals surface area contributed by atoms with E-state index in [0.717, 1.165) is 12.8 Å². The number of benzene rings is 1. The Kier molecular flexibility index (Phi) is 6.90. The van der Waals surface area contributed by atoms with Crippen molar-refractivity contribution in [3.05, 3.63) is 42.1 Å². The van der Waals surface area contributed by atoms with E-state index < -0.39 is 30.6 Å². The van der Waals surface area contributed by atoms with Gasteiger partial charge in [0.2, 0.25) is 0 Å². The van der Waals surface area contributed by atoms with Crippen LogP contribution in [0.15, 0.2) is 30.6 Å². The summed E-state index contributed by atoms with van der Waals surface area (Å²) < 4.78 is 56.6. The van der Waals surface area contributed by atoms with E-state index in [9.17, 15) is 18.0 Å². The first-order chi connectivity index (χ1) is 19.3. The van der Waals surface area contributed by atoms with E-state index in [1.54, 1.807) is 42.3 Å². The van der Waals surface area contributed by atoms with Crippen molar-refractivity contribution in [1.82, 2.24) is 29.3 Å². The molecule has 10 nitrogen and oxygen atoms in total. The molecule has 3 aromatic heterocycles. The third-order valence-corrected chi connectivity index (χ3v) is 7.18. The maximum atomic E-state index is 14.3. The van der Waals surface area contributed by atoms with Gasteiger partial charge in [0.1, 0.15) is 30.0 Å². The number of ether oxygens (including phenoxy) is 2. The van der Waals surface area contributed by atoms with Crippen LogP contribution >= 0.6 is 0 Å². The van der Waals surface area contributed by atoms with Crippen molar-refractivity contribution >= 4 is 28.3 Å². The van der Waals surface area contributed by atoms with E-state index in [1.165, 1.54) is 11.7 Å². The summed E-state index contributed by atoms with van der Waals surface area (Å²) in [4.78, 5) is 25.9. The molecule has 0 radical (unpaired) electrons. The minimum absolute atomic E-state index is 0.133. The topological polar surface area (TPSA) is 109 Å². The van der Waals surface area contributed by atoms with Crippen molar-refractivity contribution in [2.75, 3.05) is 19.0 Å². The number of ketones is 1. The molecule has 4 aromatic rings. The molecule has 2 aliphatic rings. The van der Waals surface area contributed by atoms with Crippen molar-refractivity contribution < 1.29 is 27.4 Å². The Morgan fingerprint density at radius 1 is 1.25 bits per heavy atom. The van der Waals surface area contributed by atoms with Crippen molar-refractivity contribution in [2.24, 2.45) is 13.0 Å². The summed E-state index contributed by atoms with van der Waals surface area (Å²) in [5.74, 6) is -0.526. The number of hydrogen-bond acceptors (Lipinski definition) is 8. The number of anilines is 2. The predicted molar refractivity (Wildman–Crippen MR) is 139 cm³/mol. The number of aromatic nitrogens is 6. The molecule has 1 aliphatic carbocycles. The zero-order valence-electron chi connectivity index (χ0n) is 22.0. The van der Waals surface area contributed by atoms with Crippen molar-refractivity contribution in [3.63, 3.8) is 0 Å². The van der Waals surface area contributed by atoms with E-state index in [-0.39, 0.29) is 29.8 Å². The Labute approximate surface area is 227 Å². The van der Waals surface area contributed by atoms with Crippen LogP contribution in [0.1, 0.15) is 49.9 Å². The van der Waals surface area contributed by atoms with Gasteiger partial charge < -0.3 is 14.8 Å². The monoisotopic (exact) mass is 555 g/mol. The van der Waals surface area contributed by atoms with E-state index in [2.05, 4.69) is 25.4 Å². The molecule has 1 saturated heterocycles. The van der Waals surface area contributed by atoms with Gasteiger partial charge in [0.25, 0.3) is 6.43 Å². The first-order valence-electron chi connectivity index (χ1n) is 13.1. The lowest BCUT2D eigenvalue weighted by molar-refractivity contribution is -0.120. The number of fused-ring (bicyclic) bond motifs is 1. The lowest BCUT2D eigenvalue weighted by atomic mass is 10.1. The first kappa shape index (κ1) is 26.2. The van der Waals surface area contributed by atoms with Gasteiger partial charge in [-0.1, -0.05) is 6.07 Å². The van der Waals surface area contributed by atoms with Crippen molar-refractivity contribution in [1.29, 1.82) is 0 Å². The summed E-state index contributed by atoms with van der Waals surface area (Å²) in [6, 6.07) is 6.94. The average Bonchev–Trinajstić information content (AvgIpc) is 3.33.